The van der Waals surface area contributed by atoms with Gasteiger partial charge in [-0.05, 0) is 20.0 Å². The van der Waals surface area contributed by atoms with E-state index in [4.69, 9.17) is 10.5 Å². The number of nitrogens with zero attached hydrogens (tertiary/aromatic N) is 2. The van der Waals surface area contributed by atoms with Gasteiger partial charge in [0.05, 0.1) is 13.2 Å². The van der Waals surface area contributed by atoms with Crippen molar-refractivity contribution in [3.05, 3.63) is 0 Å². The Kier molecular flexibility index (Phi) is 10.9. The van der Waals surface area contributed by atoms with Gasteiger partial charge in [0.1, 0.15) is 0 Å². The van der Waals surface area contributed by atoms with Crippen molar-refractivity contribution in [1.29, 1.82) is 0 Å². The van der Waals surface area contributed by atoms with Gasteiger partial charge in [-0.15, -0.1) is 0 Å². The number of hydrogen-bond acceptors (Lipinski definition) is 5. The van der Waals surface area contributed by atoms with Crippen LogP contribution in [0.15, 0.2) is 0 Å². The van der Waals surface area contributed by atoms with E-state index in [9.17, 15) is 9.59 Å². The maximum atomic E-state index is 11.8. The molecule has 3 N–H and O–H groups in total. The molecule has 20 heavy (non-hydrogen) atoms. The Morgan fingerprint density at radius 2 is 1.95 bits per heavy atom. The van der Waals surface area contributed by atoms with Gasteiger partial charge < -0.3 is 20.7 Å². The minimum absolute atomic E-state index is 0.0616. The Bertz CT molecular complexity index is 287. The van der Waals surface area contributed by atoms with Crippen LogP contribution in [0.3, 0.4) is 0 Å². The fourth-order valence-electron chi connectivity index (χ4n) is 1.60. The SMILES string of the molecule is COCCNC(=O)CN(C)CCC(=O)N(C)CCCN. The minimum Gasteiger partial charge on any atom is -0.383 e. The van der Waals surface area contributed by atoms with E-state index in [1.165, 1.54) is 0 Å². The molecule has 0 fully saturated rings. The normalized spacial score (nSPS) is 10.7. The van der Waals surface area contributed by atoms with Crippen molar-refractivity contribution in [2.75, 3.05) is 60.5 Å². The molecule has 0 aliphatic rings. The first kappa shape index (κ1) is 18.8. The highest BCUT2D eigenvalue weighted by molar-refractivity contribution is 5.78. The molecule has 0 saturated heterocycles. The molecule has 0 bridgehead atoms. The van der Waals surface area contributed by atoms with Crippen LogP contribution in [0.4, 0.5) is 0 Å². The van der Waals surface area contributed by atoms with Crippen molar-refractivity contribution in [3.8, 4) is 0 Å². The van der Waals surface area contributed by atoms with Crippen LogP contribution in [-0.4, -0.2) is 82.1 Å². The molecule has 0 saturated carbocycles. The molecule has 0 spiro atoms. The average molecular weight is 288 g/mol. The molecule has 0 aliphatic carbocycles. The summed E-state index contributed by atoms with van der Waals surface area (Å²) < 4.78 is 4.85. The lowest BCUT2D eigenvalue weighted by molar-refractivity contribution is -0.130. The van der Waals surface area contributed by atoms with E-state index in [1.54, 1.807) is 19.1 Å². The Hall–Kier alpha value is -1.18. The smallest absolute Gasteiger partial charge is 0.234 e. The Balaban J connectivity index is 3.77. The molecule has 118 valence electrons. The van der Waals surface area contributed by atoms with Gasteiger partial charge in [-0.1, -0.05) is 0 Å². The lowest BCUT2D eigenvalue weighted by Gasteiger charge is -2.20. The first-order valence-electron chi connectivity index (χ1n) is 6.89. The maximum Gasteiger partial charge on any atom is 0.234 e. The summed E-state index contributed by atoms with van der Waals surface area (Å²) in [5.74, 6) is 0.0126. The molecule has 0 atom stereocenters. The van der Waals surface area contributed by atoms with Crippen molar-refractivity contribution >= 4 is 11.8 Å². The van der Waals surface area contributed by atoms with Gasteiger partial charge in [-0.2, -0.15) is 0 Å². The zero-order valence-electron chi connectivity index (χ0n) is 12.9. The number of ether oxygens (including phenoxy) is 1. The fraction of sp³-hybridized carbons (Fsp3) is 0.846. The van der Waals surface area contributed by atoms with Crippen LogP contribution in [0.1, 0.15) is 12.8 Å². The van der Waals surface area contributed by atoms with E-state index in [-0.39, 0.29) is 18.4 Å². The molecular formula is C13H28N4O3. The first-order valence-corrected chi connectivity index (χ1v) is 6.89. The van der Waals surface area contributed by atoms with Crippen LogP contribution >= 0.6 is 0 Å². The van der Waals surface area contributed by atoms with Gasteiger partial charge in [-0.25, -0.2) is 0 Å². The van der Waals surface area contributed by atoms with Crippen molar-refractivity contribution < 1.29 is 14.3 Å². The number of nitrogens with two attached hydrogens (primary N) is 1. The zero-order valence-corrected chi connectivity index (χ0v) is 12.9. The Labute approximate surface area is 121 Å². The van der Waals surface area contributed by atoms with E-state index in [0.29, 0.717) is 39.2 Å². The van der Waals surface area contributed by atoms with E-state index < -0.39 is 0 Å². The average Bonchev–Trinajstić information content (AvgIpc) is 2.42. The topological polar surface area (TPSA) is 87.9 Å². The second kappa shape index (κ2) is 11.6. The van der Waals surface area contributed by atoms with Crippen molar-refractivity contribution in [2.45, 2.75) is 12.8 Å². The fourth-order valence-corrected chi connectivity index (χ4v) is 1.60. The highest BCUT2D eigenvalue weighted by atomic mass is 16.5. The molecule has 0 aromatic heterocycles. The van der Waals surface area contributed by atoms with Crippen molar-refractivity contribution in [3.63, 3.8) is 0 Å². The molecule has 2 amide bonds. The van der Waals surface area contributed by atoms with Crippen molar-refractivity contribution in [1.82, 2.24) is 15.1 Å². The van der Waals surface area contributed by atoms with Gasteiger partial charge in [0.2, 0.25) is 11.8 Å². The molecule has 0 aliphatic heterocycles. The predicted octanol–water partition coefficient (Wildman–Crippen LogP) is -1.12. The highest BCUT2D eigenvalue weighted by Crippen LogP contribution is 1.95. The number of rotatable bonds is 11. The zero-order chi connectivity index (χ0) is 15.4. The van der Waals surface area contributed by atoms with E-state index in [0.717, 1.165) is 6.42 Å². The van der Waals surface area contributed by atoms with E-state index >= 15 is 0 Å². The van der Waals surface area contributed by atoms with E-state index in [2.05, 4.69) is 5.32 Å². The summed E-state index contributed by atoms with van der Waals surface area (Å²) in [6.45, 7) is 3.10. The highest BCUT2D eigenvalue weighted by Gasteiger charge is 2.11. The van der Waals surface area contributed by atoms with Crippen LogP contribution in [0.25, 0.3) is 0 Å². The summed E-state index contributed by atoms with van der Waals surface area (Å²) in [5, 5.41) is 2.74. The van der Waals surface area contributed by atoms with Crippen LogP contribution in [0.5, 0.6) is 0 Å². The number of carbonyl (C=O) groups is 2. The standard InChI is InChI=1S/C13H28N4O3/c1-16(11-12(18)15-7-10-20-3)9-5-13(19)17(2)8-4-6-14/h4-11,14H2,1-3H3,(H,15,18). The third kappa shape index (κ3) is 9.71. The summed E-state index contributed by atoms with van der Waals surface area (Å²) in [6.07, 6.45) is 1.21. The van der Waals surface area contributed by atoms with Crippen LogP contribution < -0.4 is 11.1 Å². The monoisotopic (exact) mass is 288 g/mol. The number of hydrogen-bond donors (Lipinski definition) is 2. The molecule has 0 aromatic rings. The molecule has 0 radical (unpaired) electrons. The molecule has 0 rings (SSSR count). The van der Waals surface area contributed by atoms with Gasteiger partial charge in [-0.3, -0.25) is 14.5 Å². The van der Waals surface area contributed by atoms with Gasteiger partial charge in [0.15, 0.2) is 0 Å². The van der Waals surface area contributed by atoms with Gasteiger partial charge >= 0.3 is 0 Å². The summed E-state index contributed by atoms with van der Waals surface area (Å²) in [5.41, 5.74) is 5.40. The molecule has 0 heterocycles. The summed E-state index contributed by atoms with van der Waals surface area (Å²) >= 11 is 0. The quantitative estimate of drug-likeness (QED) is 0.470. The molecule has 0 unspecified atom stereocenters. The van der Waals surface area contributed by atoms with Crippen molar-refractivity contribution in [2.24, 2.45) is 5.73 Å². The lowest BCUT2D eigenvalue weighted by Crippen LogP contribution is -2.38. The van der Waals surface area contributed by atoms with Crippen LogP contribution in [0, 0.1) is 0 Å². The molecule has 0 aromatic carbocycles. The van der Waals surface area contributed by atoms with Crippen LogP contribution in [-0.2, 0) is 14.3 Å². The predicted molar refractivity (Wildman–Crippen MR) is 78.3 cm³/mol. The Morgan fingerprint density at radius 1 is 1.25 bits per heavy atom. The number of amides is 2. The van der Waals surface area contributed by atoms with Gasteiger partial charge in [0, 0.05) is 40.2 Å². The minimum atomic E-state index is -0.0616. The number of likely N-dealkylation sites (N-methyl/N-ethyl adjacent to an activating group) is 1. The third-order valence-corrected chi connectivity index (χ3v) is 2.87. The second-order valence-electron chi connectivity index (χ2n) is 4.79. The summed E-state index contributed by atoms with van der Waals surface area (Å²) in [4.78, 5) is 26.8. The third-order valence-electron chi connectivity index (χ3n) is 2.87. The number of nitrogens with one attached hydrogen (secondary N) is 1. The van der Waals surface area contributed by atoms with Gasteiger partial charge in [0.25, 0.3) is 0 Å². The lowest BCUT2D eigenvalue weighted by atomic mass is 10.3. The largest absolute Gasteiger partial charge is 0.383 e. The summed E-state index contributed by atoms with van der Waals surface area (Å²) in [7, 11) is 5.18. The molecular weight excluding hydrogens is 260 g/mol. The molecule has 7 nitrogen and oxygen atoms in total. The maximum absolute atomic E-state index is 11.8. The first-order chi connectivity index (χ1) is 9.51. The Morgan fingerprint density at radius 3 is 2.55 bits per heavy atom. The second-order valence-corrected chi connectivity index (χ2v) is 4.79. The van der Waals surface area contributed by atoms with Crippen LogP contribution in [0.2, 0.25) is 0 Å². The number of methoxy groups -OCH3 is 1. The summed E-state index contributed by atoms with van der Waals surface area (Å²) in [6, 6.07) is 0. The molecule has 7 heteroatoms. The number of carbonyl (C=O) groups excluding carboxylic acids is 2. The van der Waals surface area contributed by atoms with E-state index in [1.807, 2.05) is 11.9 Å².